The van der Waals surface area contributed by atoms with Crippen molar-refractivity contribution in [3.8, 4) is 11.5 Å². The van der Waals surface area contributed by atoms with Crippen LogP contribution in [0.2, 0.25) is 0 Å². The lowest BCUT2D eigenvalue weighted by Crippen LogP contribution is -2.38. The Hall–Kier alpha value is -1.68. The summed E-state index contributed by atoms with van der Waals surface area (Å²) in [7, 11) is 1.70. The Bertz CT molecular complexity index is 701. The van der Waals surface area contributed by atoms with Crippen molar-refractivity contribution in [2.24, 2.45) is 0 Å². The van der Waals surface area contributed by atoms with E-state index in [1.165, 1.54) is 11.1 Å². The number of rotatable bonds is 1. The fourth-order valence-corrected chi connectivity index (χ4v) is 3.58. The summed E-state index contributed by atoms with van der Waals surface area (Å²) >= 11 is 3.51. The Morgan fingerprint density at radius 1 is 1.24 bits per heavy atom. The molecule has 1 heterocycles. The minimum absolute atomic E-state index is 0.0533. The fourth-order valence-electron chi connectivity index (χ4n) is 3.22. The van der Waals surface area contributed by atoms with E-state index in [0.29, 0.717) is 6.04 Å². The first-order valence-corrected chi connectivity index (χ1v) is 7.93. The van der Waals surface area contributed by atoms with E-state index in [2.05, 4.69) is 39.4 Å². The summed E-state index contributed by atoms with van der Waals surface area (Å²) in [6.07, 6.45) is 2.20. The van der Waals surface area contributed by atoms with E-state index in [9.17, 15) is 0 Å². The summed E-state index contributed by atoms with van der Waals surface area (Å²) in [4.78, 5) is 0. The van der Waals surface area contributed by atoms with Crippen LogP contribution in [0, 0.1) is 0 Å². The van der Waals surface area contributed by atoms with E-state index in [0.717, 1.165) is 34.5 Å². The van der Waals surface area contributed by atoms with Gasteiger partial charge in [0.05, 0.1) is 18.8 Å². The molecule has 0 fully saturated rings. The number of nitrogens with one attached hydrogen (secondary N) is 1. The smallest absolute Gasteiger partial charge is 0.144 e. The number of ether oxygens (including phenoxy) is 2. The Labute approximate surface area is 132 Å². The van der Waals surface area contributed by atoms with Crippen molar-refractivity contribution in [3.63, 3.8) is 0 Å². The van der Waals surface area contributed by atoms with Crippen molar-refractivity contribution in [1.29, 1.82) is 0 Å². The molecule has 2 atom stereocenters. The first-order valence-electron chi connectivity index (χ1n) is 7.14. The molecule has 0 amide bonds. The number of halogens is 1. The van der Waals surface area contributed by atoms with Gasteiger partial charge in [0.15, 0.2) is 0 Å². The van der Waals surface area contributed by atoms with E-state index in [1.54, 1.807) is 7.11 Å². The molecule has 2 aromatic carbocycles. The molecule has 0 saturated heterocycles. The monoisotopic (exact) mass is 345 g/mol. The lowest BCUT2D eigenvalue weighted by Gasteiger charge is -2.39. The van der Waals surface area contributed by atoms with Gasteiger partial charge in [0.2, 0.25) is 0 Å². The molecule has 0 aromatic heterocycles. The normalized spacial score (nSPS) is 22.2. The van der Waals surface area contributed by atoms with Gasteiger partial charge < -0.3 is 14.8 Å². The van der Waals surface area contributed by atoms with Crippen LogP contribution >= 0.6 is 15.9 Å². The Morgan fingerprint density at radius 3 is 3.00 bits per heavy atom. The number of aryl methyl sites for hydroxylation is 1. The SMILES string of the molecule is COc1ccc2c(c1)C1Oc3ccc(Br)cc3NC1CC2. The van der Waals surface area contributed by atoms with Crippen molar-refractivity contribution < 1.29 is 9.47 Å². The molecule has 0 bridgehead atoms. The first-order chi connectivity index (χ1) is 10.2. The molecule has 1 aliphatic heterocycles. The summed E-state index contributed by atoms with van der Waals surface area (Å²) in [5, 5.41) is 3.62. The van der Waals surface area contributed by atoms with Crippen molar-refractivity contribution in [3.05, 3.63) is 52.0 Å². The van der Waals surface area contributed by atoms with Gasteiger partial charge in [-0.1, -0.05) is 22.0 Å². The van der Waals surface area contributed by atoms with Crippen LogP contribution in [0.5, 0.6) is 11.5 Å². The second kappa shape index (κ2) is 4.95. The average molecular weight is 346 g/mol. The minimum atomic E-state index is 0.0533. The zero-order valence-electron chi connectivity index (χ0n) is 11.7. The standard InChI is InChI=1S/C17H16BrNO2/c1-20-12-5-2-10-3-6-14-17(13(10)9-12)21-16-7-4-11(18)8-15(16)19-14/h2,4-5,7-9,14,17,19H,3,6H2,1H3. The fraction of sp³-hybridized carbons (Fsp3) is 0.294. The predicted octanol–water partition coefficient (Wildman–Crippen LogP) is 4.32. The third-order valence-corrected chi connectivity index (χ3v) is 4.78. The number of hydrogen-bond acceptors (Lipinski definition) is 3. The topological polar surface area (TPSA) is 30.5 Å². The quantitative estimate of drug-likeness (QED) is 0.834. The van der Waals surface area contributed by atoms with Crippen molar-refractivity contribution in [2.75, 3.05) is 12.4 Å². The summed E-state index contributed by atoms with van der Waals surface area (Å²) in [5.41, 5.74) is 3.67. The molecule has 0 radical (unpaired) electrons. The molecule has 2 aromatic rings. The molecule has 108 valence electrons. The van der Waals surface area contributed by atoms with Crippen LogP contribution in [-0.4, -0.2) is 13.2 Å². The van der Waals surface area contributed by atoms with E-state index >= 15 is 0 Å². The van der Waals surface area contributed by atoms with Crippen LogP contribution in [0.3, 0.4) is 0 Å². The van der Waals surface area contributed by atoms with Gasteiger partial charge in [-0.3, -0.25) is 0 Å². The molecule has 21 heavy (non-hydrogen) atoms. The maximum atomic E-state index is 6.28. The van der Waals surface area contributed by atoms with Crippen LogP contribution in [0.4, 0.5) is 5.69 Å². The van der Waals surface area contributed by atoms with Gasteiger partial charge >= 0.3 is 0 Å². The average Bonchev–Trinajstić information content (AvgIpc) is 2.52. The summed E-state index contributed by atoms with van der Waals surface area (Å²) in [6, 6.07) is 12.7. The lowest BCUT2D eigenvalue weighted by atomic mass is 9.84. The zero-order valence-corrected chi connectivity index (χ0v) is 13.3. The number of fused-ring (bicyclic) bond motifs is 4. The summed E-state index contributed by atoms with van der Waals surface area (Å²) < 4.78 is 12.7. The van der Waals surface area contributed by atoms with E-state index in [-0.39, 0.29) is 6.10 Å². The predicted molar refractivity (Wildman–Crippen MR) is 86.2 cm³/mol. The molecule has 2 unspecified atom stereocenters. The second-order valence-electron chi connectivity index (χ2n) is 5.53. The maximum absolute atomic E-state index is 6.28. The molecule has 1 N–H and O–H groups in total. The van der Waals surface area contributed by atoms with Gasteiger partial charge in [-0.2, -0.15) is 0 Å². The number of hydrogen-bond donors (Lipinski definition) is 1. The molecule has 3 nitrogen and oxygen atoms in total. The Balaban J connectivity index is 1.76. The third kappa shape index (κ3) is 2.18. The van der Waals surface area contributed by atoms with E-state index in [4.69, 9.17) is 9.47 Å². The van der Waals surface area contributed by atoms with Crippen LogP contribution in [0.1, 0.15) is 23.7 Å². The highest BCUT2D eigenvalue weighted by atomic mass is 79.9. The highest BCUT2D eigenvalue weighted by Crippen LogP contribution is 2.43. The molecule has 0 spiro atoms. The van der Waals surface area contributed by atoms with Gasteiger partial charge in [-0.15, -0.1) is 0 Å². The van der Waals surface area contributed by atoms with Gasteiger partial charge in [-0.25, -0.2) is 0 Å². The third-order valence-electron chi connectivity index (χ3n) is 4.29. The maximum Gasteiger partial charge on any atom is 0.144 e. The summed E-state index contributed by atoms with van der Waals surface area (Å²) in [5.74, 6) is 1.80. The van der Waals surface area contributed by atoms with Crippen LogP contribution in [0.15, 0.2) is 40.9 Å². The highest BCUT2D eigenvalue weighted by Gasteiger charge is 2.35. The molecule has 0 saturated carbocycles. The van der Waals surface area contributed by atoms with Crippen molar-refractivity contribution in [1.82, 2.24) is 0 Å². The molecule has 4 rings (SSSR count). The zero-order chi connectivity index (χ0) is 14.4. The molecule has 4 heteroatoms. The van der Waals surface area contributed by atoms with Crippen molar-refractivity contribution in [2.45, 2.75) is 25.0 Å². The molecular weight excluding hydrogens is 330 g/mol. The minimum Gasteiger partial charge on any atom is -0.497 e. The van der Waals surface area contributed by atoms with Crippen LogP contribution in [-0.2, 0) is 6.42 Å². The molecular formula is C17H16BrNO2. The highest BCUT2D eigenvalue weighted by molar-refractivity contribution is 9.10. The largest absolute Gasteiger partial charge is 0.497 e. The van der Waals surface area contributed by atoms with Crippen LogP contribution in [0.25, 0.3) is 0 Å². The lowest BCUT2D eigenvalue weighted by molar-refractivity contribution is 0.157. The summed E-state index contributed by atoms with van der Waals surface area (Å²) in [6.45, 7) is 0. The second-order valence-corrected chi connectivity index (χ2v) is 6.45. The van der Waals surface area contributed by atoms with Gasteiger partial charge in [0.1, 0.15) is 17.6 Å². The van der Waals surface area contributed by atoms with Gasteiger partial charge in [0, 0.05) is 10.0 Å². The van der Waals surface area contributed by atoms with Crippen LogP contribution < -0.4 is 14.8 Å². The molecule has 1 aliphatic carbocycles. The Morgan fingerprint density at radius 2 is 2.14 bits per heavy atom. The van der Waals surface area contributed by atoms with E-state index < -0.39 is 0 Å². The number of benzene rings is 2. The van der Waals surface area contributed by atoms with Crippen molar-refractivity contribution >= 4 is 21.6 Å². The van der Waals surface area contributed by atoms with Gasteiger partial charge in [0.25, 0.3) is 0 Å². The number of methoxy groups -OCH3 is 1. The van der Waals surface area contributed by atoms with Gasteiger partial charge in [-0.05, 0) is 48.7 Å². The van der Waals surface area contributed by atoms with E-state index in [1.807, 2.05) is 18.2 Å². The molecule has 2 aliphatic rings. The number of anilines is 1. The Kier molecular flexibility index (Phi) is 3.07. The first kappa shape index (κ1) is 13.0.